The van der Waals surface area contributed by atoms with E-state index in [-0.39, 0.29) is 52.2 Å². The minimum Gasteiger partial charge on any atom is -0.492 e. The SMILES string of the molecule is CNc1cnc(C(=CN)Oc2cnc3nc(Nc4cc(OCC5CCCN5C)cc(C(F)(F)F)c4)n(C)c3c2Cl)cn1. The van der Waals surface area contributed by atoms with E-state index in [4.69, 9.17) is 26.8 Å². The van der Waals surface area contributed by atoms with Gasteiger partial charge in [0.25, 0.3) is 0 Å². The molecule has 4 aromatic rings. The highest BCUT2D eigenvalue weighted by Gasteiger charge is 2.32. The van der Waals surface area contributed by atoms with Crippen LogP contribution in [0.5, 0.6) is 11.5 Å². The number of hydrogen-bond donors (Lipinski definition) is 3. The van der Waals surface area contributed by atoms with Gasteiger partial charge in [0.2, 0.25) is 5.95 Å². The number of ether oxygens (including phenoxy) is 2. The van der Waals surface area contributed by atoms with Gasteiger partial charge in [-0.2, -0.15) is 18.2 Å². The van der Waals surface area contributed by atoms with Gasteiger partial charge in [-0.05, 0) is 38.6 Å². The third-order valence-electron chi connectivity index (χ3n) is 6.94. The van der Waals surface area contributed by atoms with E-state index in [0.29, 0.717) is 17.0 Å². The predicted molar refractivity (Wildman–Crippen MR) is 154 cm³/mol. The van der Waals surface area contributed by atoms with Crippen LogP contribution in [0.2, 0.25) is 5.02 Å². The number of likely N-dealkylation sites (tertiary alicyclic amines) is 1. The molecule has 5 rings (SSSR count). The summed E-state index contributed by atoms with van der Waals surface area (Å²) >= 11 is 6.68. The molecule has 0 spiro atoms. The van der Waals surface area contributed by atoms with E-state index in [2.05, 4.69) is 35.5 Å². The number of anilines is 3. The summed E-state index contributed by atoms with van der Waals surface area (Å²) in [4.78, 5) is 19.4. The van der Waals surface area contributed by atoms with Crippen LogP contribution in [-0.4, -0.2) is 62.7 Å². The highest BCUT2D eigenvalue weighted by Crippen LogP contribution is 2.37. The molecule has 0 bridgehead atoms. The second-order valence-corrected chi connectivity index (χ2v) is 10.1. The quantitative estimate of drug-likeness (QED) is 0.224. The van der Waals surface area contributed by atoms with E-state index < -0.39 is 11.7 Å². The molecule has 1 fully saturated rings. The lowest BCUT2D eigenvalue weighted by atomic mass is 10.1. The minimum atomic E-state index is -4.57. The lowest BCUT2D eigenvalue weighted by Gasteiger charge is -2.20. The van der Waals surface area contributed by atoms with Gasteiger partial charge in [-0.3, -0.25) is 0 Å². The predicted octanol–water partition coefficient (Wildman–Crippen LogP) is 5.02. The Morgan fingerprint density at radius 1 is 1.17 bits per heavy atom. The number of alkyl halides is 3. The van der Waals surface area contributed by atoms with Gasteiger partial charge in [0.15, 0.2) is 17.2 Å². The zero-order chi connectivity index (χ0) is 30.0. The Morgan fingerprint density at radius 3 is 2.62 bits per heavy atom. The summed E-state index contributed by atoms with van der Waals surface area (Å²) < 4.78 is 54.5. The Balaban J connectivity index is 1.41. The van der Waals surface area contributed by atoms with E-state index in [1.54, 1.807) is 18.7 Å². The lowest BCUT2D eigenvalue weighted by molar-refractivity contribution is -0.137. The maximum absolute atomic E-state index is 13.7. The number of pyridine rings is 1. The van der Waals surface area contributed by atoms with Crippen LogP contribution >= 0.6 is 11.6 Å². The molecule has 0 radical (unpaired) electrons. The van der Waals surface area contributed by atoms with Gasteiger partial charge in [-0.1, -0.05) is 11.6 Å². The fourth-order valence-electron chi connectivity index (χ4n) is 4.60. The molecule has 1 saturated heterocycles. The van der Waals surface area contributed by atoms with Crippen LogP contribution in [0, 0.1) is 0 Å². The molecule has 1 aromatic carbocycles. The van der Waals surface area contributed by atoms with Crippen LogP contribution in [0.4, 0.5) is 30.6 Å². The molecular weight excluding hydrogens is 575 g/mol. The average Bonchev–Trinajstić information content (AvgIpc) is 3.53. The summed E-state index contributed by atoms with van der Waals surface area (Å²) in [5.74, 6) is 1.23. The summed E-state index contributed by atoms with van der Waals surface area (Å²) in [6.45, 7) is 1.22. The number of aryl methyl sites for hydroxylation is 1. The number of fused-ring (bicyclic) bond motifs is 1. The second kappa shape index (κ2) is 11.9. The van der Waals surface area contributed by atoms with Crippen LogP contribution in [0.15, 0.2) is 43.0 Å². The zero-order valence-electron chi connectivity index (χ0n) is 23.0. The van der Waals surface area contributed by atoms with Crippen molar-refractivity contribution in [1.82, 2.24) is 29.4 Å². The summed E-state index contributed by atoms with van der Waals surface area (Å²) in [6.07, 6.45) is 2.97. The number of nitrogens with two attached hydrogens (primary N) is 1. The molecular formula is C27H29ClF3N9O2. The van der Waals surface area contributed by atoms with Crippen molar-refractivity contribution in [2.24, 2.45) is 12.8 Å². The molecule has 11 nitrogen and oxygen atoms in total. The summed E-state index contributed by atoms with van der Waals surface area (Å²) in [5.41, 5.74) is 6.07. The van der Waals surface area contributed by atoms with Crippen molar-refractivity contribution < 1.29 is 22.6 Å². The van der Waals surface area contributed by atoms with Crippen molar-refractivity contribution >= 4 is 46.0 Å². The Morgan fingerprint density at radius 2 is 1.98 bits per heavy atom. The maximum atomic E-state index is 13.7. The number of halogens is 4. The topological polar surface area (TPSA) is 128 Å². The highest BCUT2D eigenvalue weighted by atomic mass is 35.5. The van der Waals surface area contributed by atoms with E-state index in [1.165, 1.54) is 30.9 Å². The number of benzene rings is 1. The maximum Gasteiger partial charge on any atom is 0.416 e. The molecule has 1 aliphatic rings. The van der Waals surface area contributed by atoms with Crippen LogP contribution in [0.1, 0.15) is 24.1 Å². The van der Waals surface area contributed by atoms with Crippen LogP contribution in [0.3, 0.4) is 0 Å². The molecule has 4 N–H and O–H groups in total. The van der Waals surface area contributed by atoms with Gasteiger partial charge in [0.1, 0.15) is 34.4 Å². The molecule has 4 heterocycles. The first kappa shape index (κ1) is 29.2. The minimum absolute atomic E-state index is 0.102. The molecule has 222 valence electrons. The van der Waals surface area contributed by atoms with Gasteiger partial charge >= 0.3 is 6.18 Å². The van der Waals surface area contributed by atoms with Crippen LogP contribution in [0.25, 0.3) is 16.9 Å². The number of nitrogens with one attached hydrogen (secondary N) is 2. The smallest absolute Gasteiger partial charge is 0.416 e. The standard InChI is InChI=1S/C27H29ClF3N9O2/c1-33-22-13-34-19(11-35-22)20(10-32)42-21-12-36-25-24(23(21)28)40(3)26(38-25)37-16-7-15(27(29,30)31)8-18(9-16)41-14-17-5-4-6-39(17)2/h7-13,17H,4-6,14,32H2,1-3H3,(H,33,35)(H,36,37,38). The first-order valence-corrected chi connectivity index (χ1v) is 13.4. The second-order valence-electron chi connectivity index (χ2n) is 9.73. The van der Waals surface area contributed by atoms with Crippen molar-refractivity contribution in [3.63, 3.8) is 0 Å². The van der Waals surface area contributed by atoms with Crippen LogP contribution in [-0.2, 0) is 13.2 Å². The first-order chi connectivity index (χ1) is 20.1. The van der Waals surface area contributed by atoms with Crippen molar-refractivity contribution in [2.75, 3.05) is 37.9 Å². The normalized spacial score (nSPS) is 16.2. The Kier molecular flexibility index (Phi) is 8.27. The van der Waals surface area contributed by atoms with Gasteiger partial charge in [-0.15, -0.1) is 0 Å². The fraction of sp³-hybridized carbons (Fsp3) is 0.333. The number of nitrogens with zero attached hydrogens (tertiary/aromatic N) is 6. The number of likely N-dealkylation sites (N-methyl/N-ethyl adjacent to an activating group) is 1. The molecule has 1 atom stereocenters. The van der Waals surface area contributed by atoms with Gasteiger partial charge in [0.05, 0.1) is 24.2 Å². The van der Waals surface area contributed by atoms with Gasteiger partial charge < -0.3 is 35.3 Å². The van der Waals surface area contributed by atoms with Crippen molar-refractivity contribution in [3.05, 3.63) is 59.3 Å². The Bertz CT molecular complexity index is 1610. The zero-order valence-corrected chi connectivity index (χ0v) is 23.8. The lowest BCUT2D eigenvalue weighted by Crippen LogP contribution is -2.30. The molecule has 0 aliphatic carbocycles. The summed E-state index contributed by atoms with van der Waals surface area (Å²) in [7, 11) is 5.34. The average molecular weight is 604 g/mol. The van der Waals surface area contributed by atoms with E-state index in [9.17, 15) is 13.2 Å². The van der Waals surface area contributed by atoms with E-state index in [1.807, 2.05) is 7.05 Å². The van der Waals surface area contributed by atoms with Crippen molar-refractivity contribution in [3.8, 4) is 11.5 Å². The molecule has 1 unspecified atom stereocenters. The largest absolute Gasteiger partial charge is 0.492 e. The number of hydrogen-bond acceptors (Lipinski definition) is 10. The van der Waals surface area contributed by atoms with Gasteiger partial charge in [0, 0.05) is 38.1 Å². The molecule has 1 aliphatic heterocycles. The van der Waals surface area contributed by atoms with Crippen LogP contribution < -0.4 is 25.8 Å². The first-order valence-electron chi connectivity index (χ1n) is 13.0. The van der Waals surface area contributed by atoms with Crippen molar-refractivity contribution in [1.29, 1.82) is 0 Å². The fourth-order valence-corrected chi connectivity index (χ4v) is 4.90. The third-order valence-corrected chi connectivity index (χ3v) is 7.31. The van der Waals surface area contributed by atoms with E-state index in [0.717, 1.165) is 31.5 Å². The summed E-state index contributed by atoms with van der Waals surface area (Å²) in [6, 6.07) is 3.65. The highest BCUT2D eigenvalue weighted by molar-refractivity contribution is 6.36. The molecule has 0 saturated carbocycles. The third kappa shape index (κ3) is 6.14. The number of imidazole rings is 1. The number of aromatic nitrogens is 5. The molecule has 15 heteroatoms. The Hall–Kier alpha value is -4.30. The van der Waals surface area contributed by atoms with Gasteiger partial charge in [-0.25, -0.2) is 15.0 Å². The van der Waals surface area contributed by atoms with Crippen molar-refractivity contribution in [2.45, 2.75) is 25.1 Å². The molecule has 0 amide bonds. The number of rotatable bonds is 9. The van der Waals surface area contributed by atoms with E-state index >= 15 is 0 Å². The Labute approximate surface area is 244 Å². The summed E-state index contributed by atoms with van der Waals surface area (Å²) in [5, 5.41) is 5.99. The molecule has 3 aromatic heterocycles. The molecule has 42 heavy (non-hydrogen) atoms. The monoisotopic (exact) mass is 603 g/mol.